The lowest BCUT2D eigenvalue weighted by Gasteiger charge is -2.17. The third kappa shape index (κ3) is 3.88. The van der Waals surface area contributed by atoms with E-state index >= 15 is 0 Å². The smallest absolute Gasteiger partial charge is 0.346 e. The van der Waals surface area contributed by atoms with Crippen molar-refractivity contribution in [2.45, 2.75) is 30.8 Å². The molecular formula is C15H18ClNO6S. The third-order valence-corrected chi connectivity index (χ3v) is 6.05. The van der Waals surface area contributed by atoms with Crippen molar-refractivity contribution in [3.8, 4) is 0 Å². The molecule has 1 aromatic rings. The van der Waals surface area contributed by atoms with Gasteiger partial charge in [0.25, 0.3) is 0 Å². The number of hydrogen-bond acceptors (Lipinski definition) is 6. The van der Waals surface area contributed by atoms with Crippen molar-refractivity contribution in [2.24, 2.45) is 0 Å². The van der Waals surface area contributed by atoms with Crippen LogP contribution in [0.5, 0.6) is 0 Å². The van der Waals surface area contributed by atoms with Gasteiger partial charge in [-0.3, -0.25) is 0 Å². The Morgan fingerprint density at radius 2 is 1.88 bits per heavy atom. The molecule has 24 heavy (non-hydrogen) atoms. The molecule has 0 saturated carbocycles. The van der Waals surface area contributed by atoms with Crippen molar-refractivity contribution >= 4 is 33.6 Å². The van der Waals surface area contributed by atoms with Gasteiger partial charge in [0.05, 0.1) is 17.7 Å². The number of ether oxygens (including phenoxy) is 2. The number of sulfonamides is 1. The van der Waals surface area contributed by atoms with Gasteiger partial charge in [0.1, 0.15) is 4.90 Å². The molecule has 0 spiro atoms. The summed E-state index contributed by atoms with van der Waals surface area (Å²) in [6.07, 6.45) is 0.474. The summed E-state index contributed by atoms with van der Waals surface area (Å²) >= 11 is 6.01. The minimum absolute atomic E-state index is 0.00655. The molecule has 1 aromatic carbocycles. The van der Waals surface area contributed by atoms with Crippen molar-refractivity contribution in [3.05, 3.63) is 28.8 Å². The zero-order chi connectivity index (χ0) is 17.9. The number of esters is 2. The highest BCUT2D eigenvalue weighted by molar-refractivity contribution is 7.89. The first-order chi connectivity index (χ1) is 11.3. The van der Waals surface area contributed by atoms with E-state index in [1.54, 1.807) is 0 Å². The zero-order valence-electron chi connectivity index (χ0n) is 13.3. The van der Waals surface area contributed by atoms with Crippen molar-refractivity contribution in [2.75, 3.05) is 20.2 Å². The van der Waals surface area contributed by atoms with Gasteiger partial charge in [-0.15, -0.1) is 0 Å². The first kappa shape index (κ1) is 18.7. The Bertz CT molecular complexity index is 742. The van der Waals surface area contributed by atoms with Gasteiger partial charge in [0.2, 0.25) is 10.0 Å². The quantitative estimate of drug-likeness (QED) is 0.729. The fourth-order valence-electron chi connectivity index (χ4n) is 2.34. The molecule has 0 aliphatic carbocycles. The Kier molecular flexibility index (Phi) is 5.84. The van der Waals surface area contributed by atoms with Crippen LogP contribution in [0.1, 0.15) is 30.1 Å². The molecule has 0 radical (unpaired) electrons. The van der Waals surface area contributed by atoms with Crippen molar-refractivity contribution in [3.63, 3.8) is 0 Å². The highest BCUT2D eigenvalue weighted by Gasteiger charge is 2.30. The van der Waals surface area contributed by atoms with Gasteiger partial charge in [0, 0.05) is 13.1 Å². The van der Waals surface area contributed by atoms with E-state index in [4.69, 9.17) is 16.3 Å². The van der Waals surface area contributed by atoms with Gasteiger partial charge >= 0.3 is 11.9 Å². The molecular weight excluding hydrogens is 358 g/mol. The molecule has 0 aromatic heterocycles. The number of hydrogen-bond donors (Lipinski definition) is 0. The van der Waals surface area contributed by atoms with Crippen LogP contribution in [0.2, 0.25) is 5.02 Å². The Morgan fingerprint density at radius 1 is 1.25 bits per heavy atom. The summed E-state index contributed by atoms with van der Waals surface area (Å²) in [5.74, 6) is -1.54. The molecule has 1 aliphatic heterocycles. The largest absolute Gasteiger partial charge is 0.466 e. The predicted molar refractivity (Wildman–Crippen MR) is 86.3 cm³/mol. The normalized spacial score (nSPS) is 16.6. The van der Waals surface area contributed by atoms with Crippen LogP contribution >= 0.6 is 11.6 Å². The number of carbonyl (C=O) groups excluding carboxylic acids is 2. The average molecular weight is 376 g/mol. The minimum Gasteiger partial charge on any atom is -0.466 e. The summed E-state index contributed by atoms with van der Waals surface area (Å²) in [5.41, 5.74) is -0.00655. The Hall–Kier alpha value is -1.64. The van der Waals surface area contributed by atoms with E-state index in [1.165, 1.54) is 36.5 Å². The first-order valence-corrected chi connectivity index (χ1v) is 9.17. The van der Waals surface area contributed by atoms with E-state index in [0.29, 0.717) is 13.1 Å². The van der Waals surface area contributed by atoms with Crippen LogP contribution in [0.3, 0.4) is 0 Å². The van der Waals surface area contributed by atoms with E-state index in [-0.39, 0.29) is 15.5 Å². The Morgan fingerprint density at radius 3 is 2.46 bits per heavy atom. The second-order valence-corrected chi connectivity index (χ2v) is 7.64. The molecule has 9 heteroatoms. The van der Waals surface area contributed by atoms with Gasteiger partial charge < -0.3 is 9.47 Å². The lowest BCUT2D eigenvalue weighted by Crippen LogP contribution is -2.28. The molecule has 0 amide bonds. The van der Waals surface area contributed by atoms with Crippen molar-refractivity contribution in [1.29, 1.82) is 0 Å². The van der Waals surface area contributed by atoms with Crippen LogP contribution in [0, 0.1) is 0 Å². The van der Waals surface area contributed by atoms with Crippen LogP contribution in [0.15, 0.2) is 23.1 Å². The maximum Gasteiger partial charge on any atom is 0.346 e. The van der Waals surface area contributed by atoms with Crippen LogP contribution in [-0.4, -0.2) is 51.0 Å². The predicted octanol–water partition coefficient (Wildman–Crippen LogP) is 1.84. The van der Waals surface area contributed by atoms with Crippen LogP contribution in [0.4, 0.5) is 0 Å². The van der Waals surface area contributed by atoms with E-state index in [1.807, 2.05) is 0 Å². The highest BCUT2D eigenvalue weighted by Crippen LogP contribution is 2.28. The molecule has 132 valence electrons. The van der Waals surface area contributed by atoms with Crippen molar-refractivity contribution < 1.29 is 27.5 Å². The van der Waals surface area contributed by atoms with Gasteiger partial charge in [0.15, 0.2) is 6.10 Å². The molecule has 0 bridgehead atoms. The SMILES string of the molecule is COC(=O)C(C)OC(=O)c1ccc(Cl)c(S(=O)(=O)N2CCCC2)c1. The number of rotatable bonds is 5. The Labute approximate surface area is 145 Å². The molecule has 2 rings (SSSR count). The Balaban J connectivity index is 2.28. The highest BCUT2D eigenvalue weighted by atomic mass is 35.5. The lowest BCUT2D eigenvalue weighted by molar-refractivity contribution is -0.149. The fourth-order valence-corrected chi connectivity index (χ4v) is 4.36. The molecule has 0 N–H and O–H groups in total. The zero-order valence-corrected chi connectivity index (χ0v) is 14.9. The van der Waals surface area contributed by atoms with Gasteiger partial charge in [-0.1, -0.05) is 11.6 Å². The fraction of sp³-hybridized carbons (Fsp3) is 0.467. The van der Waals surface area contributed by atoms with E-state index < -0.39 is 28.1 Å². The summed E-state index contributed by atoms with van der Waals surface area (Å²) in [6.45, 7) is 2.21. The van der Waals surface area contributed by atoms with Crippen LogP contribution < -0.4 is 0 Å². The summed E-state index contributed by atoms with van der Waals surface area (Å²) < 4.78 is 36.0. The summed E-state index contributed by atoms with van der Waals surface area (Å²) in [6, 6.07) is 3.84. The molecule has 1 atom stereocenters. The average Bonchev–Trinajstić information content (AvgIpc) is 3.09. The molecule has 1 unspecified atom stereocenters. The van der Waals surface area contributed by atoms with Crippen LogP contribution in [0.25, 0.3) is 0 Å². The molecule has 1 aliphatic rings. The molecule has 7 nitrogen and oxygen atoms in total. The standard InChI is InChI=1S/C15H18ClNO6S/c1-10(14(18)22-2)23-15(19)11-5-6-12(16)13(9-11)24(20,21)17-7-3-4-8-17/h5-6,9-10H,3-4,7-8H2,1-2H3. The van der Waals surface area contributed by atoms with Gasteiger partial charge in [-0.25, -0.2) is 18.0 Å². The maximum atomic E-state index is 12.6. The summed E-state index contributed by atoms with van der Waals surface area (Å²) in [5, 5.41) is 0.0273. The van der Waals surface area contributed by atoms with Crippen LogP contribution in [-0.2, 0) is 24.3 Å². The number of carbonyl (C=O) groups is 2. The number of methoxy groups -OCH3 is 1. The third-order valence-electron chi connectivity index (χ3n) is 3.67. The van der Waals surface area contributed by atoms with E-state index in [0.717, 1.165) is 12.8 Å². The molecule has 1 heterocycles. The monoisotopic (exact) mass is 375 g/mol. The second-order valence-electron chi connectivity index (χ2n) is 5.33. The number of halogens is 1. The van der Waals surface area contributed by atoms with Crippen molar-refractivity contribution in [1.82, 2.24) is 4.31 Å². The van der Waals surface area contributed by atoms with Gasteiger partial charge in [-0.05, 0) is 38.0 Å². The number of nitrogens with zero attached hydrogens (tertiary/aromatic N) is 1. The molecule has 1 fully saturated rings. The van der Waals surface area contributed by atoms with Gasteiger partial charge in [-0.2, -0.15) is 4.31 Å². The topological polar surface area (TPSA) is 90.0 Å². The molecule has 1 saturated heterocycles. The second kappa shape index (κ2) is 7.50. The lowest BCUT2D eigenvalue weighted by atomic mass is 10.2. The number of benzene rings is 1. The summed E-state index contributed by atoms with van der Waals surface area (Å²) in [4.78, 5) is 23.3. The summed E-state index contributed by atoms with van der Waals surface area (Å²) in [7, 11) is -2.60. The van der Waals surface area contributed by atoms with E-state index in [9.17, 15) is 18.0 Å². The van der Waals surface area contributed by atoms with E-state index in [2.05, 4.69) is 4.74 Å². The minimum atomic E-state index is -3.77. The maximum absolute atomic E-state index is 12.6. The first-order valence-electron chi connectivity index (χ1n) is 7.36.